The van der Waals surface area contributed by atoms with E-state index in [1.165, 1.54) is 4.46 Å². The zero-order valence-electron chi connectivity index (χ0n) is 16.3. The molecule has 1 heterocycles. The maximum atomic E-state index is 13.7. The number of allylic oxidation sites excluding steroid dienone is 1. The Kier molecular flexibility index (Phi) is 5.57. The Morgan fingerprint density at radius 3 is 2.21 bits per heavy atom. The van der Waals surface area contributed by atoms with Crippen LogP contribution >= 0.6 is 0 Å². The van der Waals surface area contributed by atoms with Crippen molar-refractivity contribution < 1.29 is 9.53 Å². The molecule has 0 radical (unpaired) electrons. The van der Waals surface area contributed by atoms with Gasteiger partial charge in [-0.3, -0.25) is 0 Å². The van der Waals surface area contributed by atoms with Crippen LogP contribution in [0.4, 0.5) is 5.69 Å². The molecule has 0 aliphatic carbocycles. The molecule has 29 heavy (non-hydrogen) atoms. The Bertz CT molecular complexity index is 988. The van der Waals surface area contributed by atoms with Crippen molar-refractivity contribution in [3.8, 4) is 5.75 Å². The fraction of sp³-hybridized carbons (Fsp3) is 0.160. The Morgan fingerprint density at radius 1 is 1.00 bits per heavy atom. The Labute approximate surface area is 178 Å². The van der Waals surface area contributed by atoms with Gasteiger partial charge in [-0.15, -0.1) is 0 Å². The summed E-state index contributed by atoms with van der Waals surface area (Å²) in [7, 11) is 1.65. The summed E-state index contributed by atoms with van der Waals surface area (Å²) in [6.07, 6.45) is 2.55. The van der Waals surface area contributed by atoms with Gasteiger partial charge in [-0.1, -0.05) is 0 Å². The second-order valence-electron chi connectivity index (χ2n) is 6.98. The number of carbonyl (C=O) groups is 1. The summed E-state index contributed by atoms with van der Waals surface area (Å²) in [5.41, 5.74) is 2.05. The van der Waals surface area contributed by atoms with Gasteiger partial charge < -0.3 is 0 Å². The third-order valence-corrected chi connectivity index (χ3v) is 8.25. The first-order valence-electron chi connectivity index (χ1n) is 9.57. The summed E-state index contributed by atoms with van der Waals surface area (Å²) < 4.78 is 6.04. The normalized spacial score (nSPS) is 20.8. The molecule has 0 bridgehead atoms. The molecule has 3 aromatic rings. The van der Waals surface area contributed by atoms with Crippen molar-refractivity contribution in [3.05, 3.63) is 103 Å². The Hall–Kier alpha value is -2.81. The summed E-state index contributed by atoms with van der Waals surface area (Å²) in [5.74, 6) is 0.948. The predicted octanol–water partition coefficient (Wildman–Crippen LogP) is 4.55. The molecule has 0 unspecified atom stereocenters. The van der Waals surface area contributed by atoms with Crippen LogP contribution in [0.1, 0.15) is 18.0 Å². The van der Waals surface area contributed by atoms with E-state index in [2.05, 4.69) is 30.8 Å². The van der Waals surface area contributed by atoms with E-state index in [0.717, 1.165) is 17.0 Å². The molecule has 1 amide bonds. The minimum atomic E-state index is -0.475. The van der Waals surface area contributed by atoms with Gasteiger partial charge in [-0.2, -0.15) is 0 Å². The van der Waals surface area contributed by atoms with Gasteiger partial charge in [-0.25, -0.2) is 0 Å². The van der Waals surface area contributed by atoms with Gasteiger partial charge in [0.15, 0.2) is 0 Å². The number of nitrogens with zero attached hydrogens (tertiary/aromatic N) is 1. The first-order valence-corrected chi connectivity index (χ1v) is 11.3. The molecular formula is C25H23NO2Se. The number of carbonyl (C=O) groups excluding carboxylic acids is 1. The molecule has 146 valence electrons. The molecule has 0 N–H and O–H groups in total. The number of ether oxygens (including phenoxy) is 1. The van der Waals surface area contributed by atoms with Crippen LogP contribution in [0.3, 0.4) is 0 Å². The number of anilines is 1. The van der Waals surface area contributed by atoms with E-state index in [4.69, 9.17) is 4.74 Å². The molecule has 1 saturated heterocycles. The topological polar surface area (TPSA) is 29.5 Å². The van der Waals surface area contributed by atoms with E-state index in [1.807, 2.05) is 71.6 Å². The van der Waals surface area contributed by atoms with Gasteiger partial charge in [0, 0.05) is 0 Å². The van der Waals surface area contributed by atoms with Gasteiger partial charge in [0.25, 0.3) is 0 Å². The van der Waals surface area contributed by atoms with Crippen molar-refractivity contribution in [3.63, 3.8) is 0 Å². The molecule has 4 heteroatoms. The second kappa shape index (κ2) is 8.28. The third-order valence-electron chi connectivity index (χ3n) is 5.24. The average molecular weight is 448 g/mol. The van der Waals surface area contributed by atoms with Crippen LogP contribution in [0.2, 0.25) is 4.31 Å². The van der Waals surface area contributed by atoms with Gasteiger partial charge >= 0.3 is 178 Å². The quantitative estimate of drug-likeness (QED) is 0.302. The van der Waals surface area contributed by atoms with E-state index in [1.54, 1.807) is 7.11 Å². The zero-order chi connectivity index (χ0) is 20.3. The third kappa shape index (κ3) is 3.50. The second-order valence-corrected chi connectivity index (χ2v) is 9.93. The van der Waals surface area contributed by atoms with Gasteiger partial charge in [0.1, 0.15) is 0 Å². The monoisotopic (exact) mass is 449 g/mol. The molecule has 1 aliphatic heterocycles. The van der Waals surface area contributed by atoms with Crippen molar-refractivity contribution in [1.29, 1.82) is 0 Å². The van der Waals surface area contributed by atoms with Gasteiger partial charge in [0.05, 0.1) is 0 Å². The molecule has 0 spiro atoms. The number of amides is 1. The van der Waals surface area contributed by atoms with Crippen LogP contribution in [-0.4, -0.2) is 28.0 Å². The molecule has 4 rings (SSSR count). The van der Waals surface area contributed by atoms with Crippen LogP contribution in [0.5, 0.6) is 5.75 Å². The van der Waals surface area contributed by atoms with Crippen molar-refractivity contribution in [1.82, 2.24) is 0 Å². The summed E-state index contributed by atoms with van der Waals surface area (Å²) in [5, 5.41) is 0. The molecule has 2 atom stereocenters. The molecule has 1 fully saturated rings. The molecule has 1 aliphatic rings. The van der Waals surface area contributed by atoms with Crippen LogP contribution in [0.15, 0.2) is 97.6 Å². The number of benzene rings is 3. The van der Waals surface area contributed by atoms with Crippen LogP contribution in [0.25, 0.3) is 0 Å². The van der Waals surface area contributed by atoms with E-state index in [9.17, 15) is 4.79 Å². The summed E-state index contributed by atoms with van der Waals surface area (Å²) >= 11 is -0.0248. The first kappa shape index (κ1) is 19.5. The molecule has 0 aromatic heterocycles. The van der Waals surface area contributed by atoms with Crippen LogP contribution < -0.4 is 14.1 Å². The SMILES string of the molecule is C=CC[C@@]1([Se]c2ccccc2)C(=O)N(c2ccc(OC)cc2)[C@@H]1c1ccccc1. The maximum absolute atomic E-state index is 13.7. The fourth-order valence-electron chi connectivity index (χ4n) is 3.90. The zero-order valence-corrected chi connectivity index (χ0v) is 18.0. The van der Waals surface area contributed by atoms with Crippen LogP contribution in [-0.2, 0) is 4.79 Å². The summed E-state index contributed by atoms with van der Waals surface area (Å²) in [4.78, 5) is 15.6. The summed E-state index contributed by atoms with van der Waals surface area (Å²) in [6, 6.07) is 28.4. The van der Waals surface area contributed by atoms with E-state index in [0.29, 0.717) is 6.42 Å². The average Bonchev–Trinajstić information content (AvgIpc) is 2.78. The number of methoxy groups -OCH3 is 1. The van der Waals surface area contributed by atoms with Crippen molar-refractivity contribution >= 4 is 31.0 Å². The van der Waals surface area contributed by atoms with E-state index in [-0.39, 0.29) is 26.9 Å². The van der Waals surface area contributed by atoms with Gasteiger partial charge in [0.2, 0.25) is 0 Å². The number of rotatable bonds is 7. The number of hydrogen-bond acceptors (Lipinski definition) is 2. The standard InChI is InChI=1S/C25H23NO2Se/c1-3-18-25(29-22-12-8-5-9-13-22)23(19-10-6-4-7-11-19)26(24(25)27)20-14-16-21(28-2)17-15-20/h3-17,23H,1,18H2,2H3/t23-,25+/m1/s1. The molecular weight excluding hydrogens is 425 g/mol. The van der Waals surface area contributed by atoms with E-state index >= 15 is 0 Å². The molecule has 3 aromatic carbocycles. The number of β-lactam (4-membered cyclic amide) rings is 1. The number of hydrogen-bond donors (Lipinski definition) is 0. The van der Waals surface area contributed by atoms with Crippen molar-refractivity contribution in [2.45, 2.75) is 16.8 Å². The first-order chi connectivity index (χ1) is 14.2. The van der Waals surface area contributed by atoms with Gasteiger partial charge in [-0.05, 0) is 0 Å². The van der Waals surface area contributed by atoms with Crippen molar-refractivity contribution in [2.24, 2.45) is 0 Å². The summed E-state index contributed by atoms with van der Waals surface area (Å²) in [6.45, 7) is 3.97. The Morgan fingerprint density at radius 2 is 1.62 bits per heavy atom. The van der Waals surface area contributed by atoms with Crippen LogP contribution in [0, 0.1) is 0 Å². The predicted molar refractivity (Wildman–Crippen MR) is 119 cm³/mol. The Balaban J connectivity index is 1.79. The molecule has 0 saturated carbocycles. The molecule has 3 nitrogen and oxygen atoms in total. The minimum absolute atomic E-state index is 0.0248. The van der Waals surface area contributed by atoms with E-state index < -0.39 is 4.31 Å². The van der Waals surface area contributed by atoms with Crippen molar-refractivity contribution in [2.75, 3.05) is 12.0 Å². The fourth-order valence-corrected chi connectivity index (χ4v) is 6.95.